The number of rotatable bonds is 8. The topological polar surface area (TPSA) is 57.5 Å². The van der Waals surface area contributed by atoms with Crippen molar-refractivity contribution < 1.29 is 0 Å². The number of hydrogen-bond donors (Lipinski definition) is 2. The Bertz CT molecular complexity index is 497. The molecule has 1 aromatic heterocycles. The second-order valence-corrected chi connectivity index (χ2v) is 6.64. The zero-order valence-corrected chi connectivity index (χ0v) is 15.8. The number of aryl methyl sites for hydroxylation is 1. The van der Waals surface area contributed by atoms with Gasteiger partial charge in [-0.2, -0.15) is 5.10 Å². The number of likely N-dealkylation sites (tertiary alicyclic amines) is 1. The summed E-state index contributed by atoms with van der Waals surface area (Å²) in [6.45, 7) is 8.79. The van der Waals surface area contributed by atoms with E-state index in [4.69, 9.17) is 0 Å². The van der Waals surface area contributed by atoms with Crippen molar-refractivity contribution in [2.45, 2.75) is 52.1 Å². The Morgan fingerprint density at radius 1 is 1.25 bits per heavy atom. The number of hydrogen-bond acceptors (Lipinski definition) is 3. The molecule has 0 radical (unpaired) electrons. The molecule has 1 aromatic rings. The van der Waals surface area contributed by atoms with Crippen LogP contribution in [-0.4, -0.2) is 53.4 Å². The van der Waals surface area contributed by atoms with Crippen LogP contribution in [0.4, 0.5) is 0 Å². The molecule has 1 fully saturated rings. The molecule has 1 saturated heterocycles. The van der Waals surface area contributed by atoms with Crippen molar-refractivity contribution >= 4 is 5.96 Å². The van der Waals surface area contributed by atoms with Gasteiger partial charge in [-0.15, -0.1) is 0 Å². The number of aromatic nitrogens is 2. The fourth-order valence-electron chi connectivity index (χ4n) is 3.67. The van der Waals surface area contributed by atoms with Crippen molar-refractivity contribution in [1.29, 1.82) is 0 Å². The van der Waals surface area contributed by atoms with Gasteiger partial charge in [0.25, 0.3) is 0 Å². The minimum absolute atomic E-state index is 0.595. The Balaban J connectivity index is 1.89. The van der Waals surface area contributed by atoms with Crippen LogP contribution in [0.2, 0.25) is 0 Å². The third-order valence-electron chi connectivity index (χ3n) is 5.26. The van der Waals surface area contributed by atoms with E-state index in [1.165, 1.54) is 38.8 Å². The minimum Gasteiger partial charge on any atom is -0.355 e. The molecule has 0 amide bonds. The summed E-state index contributed by atoms with van der Waals surface area (Å²) in [6.07, 6.45) is 6.97. The molecule has 0 aromatic carbocycles. The molecule has 1 atom stereocenters. The van der Waals surface area contributed by atoms with Crippen molar-refractivity contribution in [3.63, 3.8) is 0 Å². The van der Waals surface area contributed by atoms with Crippen LogP contribution in [0.5, 0.6) is 0 Å². The Morgan fingerprint density at radius 2 is 1.96 bits per heavy atom. The fourth-order valence-corrected chi connectivity index (χ4v) is 3.67. The third-order valence-corrected chi connectivity index (χ3v) is 5.26. The molecule has 1 unspecified atom stereocenters. The summed E-state index contributed by atoms with van der Waals surface area (Å²) in [4.78, 5) is 7.04. The van der Waals surface area contributed by atoms with Crippen LogP contribution >= 0.6 is 0 Å². The number of nitrogens with zero attached hydrogens (tertiary/aromatic N) is 4. The summed E-state index contributed by atoms with van der Waals surface area (Å²) in [7, 11) is 3.80. The molecule has 0 saturated carbocycles. The van der Waals surface area contributed by atoms with Crippen molar-refractivity contribution in [3.05, 3.63) is 18.0 Å². The normalized spacial score (nSPS) is 17.5. The molecule has 6 heteroatoms. The Kier molecular flexibility index (Phi) is 7.56. The molecule has 24 heavy (non-hydrogen) atoms. The van der Waals surface area contributed by atoms with Crippen LogP contribution < -0.4 is 10.6 Å². The van der Waals surface area contributed by atoms with Crippen LogP contribution in [0, 0.1) is 5.92 Å². The Hall–Kier alpha value is -1.56. The van der Waals surface area contributed by atoms with Gasteiger partial charge in [0.15, 0.2) is 5.96 Å². The van der Waals surface area contributed by atoms with Crippen molar-refractivity contribution in [1.82, 2.24) is 25.3 Å². The average Bonchev–Trinajstić information content (AvgIpc) is 3.26. The average molecular weight is 335 g/mol. The van der Waals surface area contributed by atoms with Gasteiger partial charge in [0.2, 0.25) is 0 Å². The highest BCUT2D eigenvalue weighted by atomic mass is 15.3. The van der Waals surface area contributed by atoms with Crippen LogP contribution in [0.25, 0.3) is 0 Å². The number of guanidine groups is 1. The van der Waals surface area contributed by atoms with Crippen LogP contribution in [0.3, 0.4) is 0 Å². The highest BCUT2D eigenvalue weighted by Gasteiger charge is 2.27. The summed E-state index contributed by atoms with van der Waals surface area (Å²) in [5.41, 5.74) is 1.15. The first kappa shape index (κ1) is 18.8. The molecule has 0 aliphatic carbocycles. The van der Waals surface area contributed by atoms with Gasteiger partial charge in [0.05, 0.1) is 12.2 Å². The second-order valence-electron chi connectivity index (χ2n) is 6.64. The first-order valence-electron chi connectivity index (χ1n) is 9.35. The highest BCUT2D eigenvalue weighted by molar-refractivity contribution is 5.79. The molecular formula is C18H34N6. The third kappa shape index (κ3) is 4.97. The summed E-state index contributed by atoms with van der Waals surface area (Å²) in [6, 6.07) is 2.62. The lowest BCUT2D eigenvalue weighted by atomic mass is 9.93. The van der Waals surface area contributed by atoms with E-state index in [2.05, 4.69) is 39.5 Å². The first-order chi connectivity index (χ1) is 11.7. The van der Waals surface area contributed by atoms with E-state index in [-0.39, 0.29) is 0 Å². The van der Waals surface area contributed by atoms with Crippen molar-refractivity contribution in [2.24, 2.45) is 18.0 Å². The van der Waals surface area contributed by atoms with Crippen LogP contribution in [-0.2, 0) is 13.6 Å². The van der Waals surface area contributed by atoms with Crippen molar-refractivity contribution in [2.75, 3.05) is 26.7 Å². The van der Waals surface area contributed by atoms with Crippen LogP contribution in [0.15, 0.2) is 17.3 Å². The molecule has 6 nitrogen and oxygen atoms in total. The summed E-state index contributed by atoms with van der Waals surface area (Å²) < 4.78 is 1.89. The molecule has 2 heterocycles. The predicted molar refractivity (Wildman–Crippen MR) is 100 cm³/mol. The molecule has 0 spiro atoms. The zero-order valence-electron chi connectivity index (χ0n) is 15.8. The van der Waals surface area contributed by atoms with Gasteiger partial charge in [-0.25, -0.2) is 0 Å². The van der Waals surface area contributed by atoms with Gasteiger partial charge >= 0.3 is 0 Å². The summed E-state index contributed by atoms with van der Waals surface area (Å²) in [5, 5.41) is 11.1. The monoisotopic (exact) mass is 334 g/mol. The largest absolute Gasteiger partial charge is 0.355 e. The molecule has 1 aliphatic rings. The van der Waals surface area contributed by atoms with E-state index in [1.54, 1.807) is 0 Å². The Labute approximate surface area is 146 Å². The van der Waals surface area contributed by atoms with E-state index in [0.717, 1.165) is 30.7 Å². The smallest absolute Gasteiger partial charge is 0.191 e. The Morgan fingerprint density at radius 3 is 2.50 bits per heavy atom. The highest BCUT2D eigenvalue weighted by Crippen LogP contribution is 2.22. The van der Waals surface area contributed by atoms with Gasteiger partial charge in [0, 0.05) is 32.9 Å². The van der Waals surface area contributed by atoms with Gasteiger partial charge < -0.3 is 10.6 Å². The maximum atomic E-state index is 4.37. The SMILES string of the molecule is CCC(CC)C(CNC(=NC)NCc1ccnn1C)N1CCCC1. The predicted octanol–water partition coefficient (Wildman–Crippen LogP) is 1.99. The zero-order chi connectivity index (χ0) is 17.4. The van der Waals surface area contributed by atoms with Gasteiger partial charge in [-0.3, -0.25) is 14.6 Å². The van der Waals surface area contributed by atoms with Gasteiger partial charge in [-0.05, 0) is 37.9 Å². The lowest BCUT2D eigenvalue weighted by Crippen LogP contribution is -2.49. The minimum atomic E-state index is 0.595. The van der Waals surface area contributed by atoms with Gasteiger partial charge in [-0.1, -0.05) is 26.7 Å². The summed E-state index contributed by atoms with van der Waals surface area (Å²) >= 11 is 0. The van der Waals surface area contributed by atoms with E-state index < -0.39 is 0 Å². The van der Waals surface area contributed by atoms with E-state index in [0.29, 0.717) is 6.04 Å². The molecule has 136 valence electrons. The van der Waals surface area contributed by atoms with Crippen LogP contribution in [0.1, 0.15) is 45.2 Å². The number of aliphatic imine (C=N–C) groups is 1. The quantitative estimate of drug-likeness (QED) is 0.564. The molecule has 0 bridgehead atoms. The molecular weight excluding hydrogens is 300 g/mol. The lowest BCUT2D eigenvalue weighted by Gasteiger charge is -2.34. The van der Waals surface area contributed by atoms with E-state index >= 15 is 0 Å². The fraction of sp³-hybridized carbons (Fsp3) is 0.778. The second kappa shape index (κ2) is 9.67. The first-order valence-corrected chi connectivity index (χ1v) is 9.35. The van der Waals surface area contributed by atoms with Gasteiger partial charge in [0.1, 0.15) is 0 Å². The maximum absolute atomic E-state index is 4.37. The summed E-state index contributed by atoms with van der Waals surface area (Å²) in [5.74, 6) is 1.61. The van der Waals surface area contributed by atoms with Crippen molar-refractivity contribution in [3.8, 4) is 0 Å². The number of nitrogens with one attached hydrogen (secondary N) is 2. The van der Waals surface area contributed by atoms with E-state index in [9.17, 15) is 0 Å². The van der Waals surface area contributed by atoms with E-state index in [1.807, 2.05) is 31.0 Å². The molecule has 1 aliphatic heterocycles. The lowest BCUT2D eigenvalue weighted by molar-refractivity contribution is 0.166. The molecule has 2 rings (SSSR count). The maximum Gasteiger partial charge on any atom is 0.191 e. The standard InChI is InChI=1S/C18H34N6/c1-5-15(6-2)17(24-11-7-8-12-24)14-21-18(19-3)20-13-16-9-10-22-23(16)4/h9-10,15,17H,5-8,11-14H2,1-4H3,(H2,19,20,21). The molecule has 2 N–H and O–H groups in total.